The molecule has 0 spiro atoms. The summed E-state index contributed by atoms with van der Waals surface area (Å²) in [5.41, 5.74) is 4.78. The van der Waals surface area contributed by atoms with Crippen LogP contribution < -0.4 is 0 Å². The molecule has 5 rings (SSSR count). The molecule has 4 heteroatoms. The summed E-state index contributed by atoms with van der Waals surface area (Å²) in [7, 11) is 0. The molecule has 3 nitrogen and oxygen atoms in total. The minimum Gasteiger partial charge on any atom is -0.226 e. The number of halogens is 1. The number of nitriles is 1. The highest BCUT2D eigenvalue weighted by atomic mass is 35.5. The summed E-state index contributed by atoms with van der Waals surface area (Å²) in [5, 5.41) is 12.1. The van der Waals surface area contributed by atoms with Crippen LogP contribution in [0.4, 0.5) is 0 Å². The van der Waals surface area contributed by atoms with E-state index < -0.39 is 0 Å². The van der Waals surface area contributed by atoms with Gasteiger partial charge in [0.2, 0.25) is 0 Å². The Morgan fingerprint density at radius 1 is 0.613 bits per heavy atom. The van der Waals surface area contributed by atoms with Crippen molar-refractivity contribution in [2.45, 2.75) is 0 Å². The Morgan fingerprint density at radius 2 is 1.16 bits per heavy atom. The van der Waals surface area contributed by atoms with Crippen molar-refractivity contribution in [2.75, 3.05) is 0 Å². The van der Waals surface area contributed by atoms with Crippen molar-refractivity contribution in [1.29, 1.82) is 5.26 Å². The van der Waals surface area contributed by atoms with Gasteiger partial charge in [0.05, 0.1) is 5.69 Å². The molecule has 146 valence electrons. The second-order valence-electron chi connectivity index (χ2n) is 7.11. The highest BCUT2D eigenvalue weighted by Crippen LogP contribution is 2.37. The largest absolute Gasteiger partial charge is 0.226 e. The normalized spacial score (nSPS) is 10.7. The van der Waals surface area contributed by atoms with Crippen molar-refractivity contribution in [2.24, 2.45) is 0 Å². The molecule has 0 fully saturated rings. The summed E-state index contributed by atoms with van der Waals surface area (Å²) >= 11 is 6.44. The molecule has 1 aromatic heterocycles. The van der Waals surface area contributed by atoms with E-state index in [2.05, 4.69) is 41.4 Å². The van der Waals surface area contributed by atoms with Gasteiger partial charge in [-0.05, 0) is 21.9 Å². The highest BCUT2D eigenvalue weighted by molar-refractivity contribution is 6.31. The van der Waals surface area contributed by atoms with Gasteiger partial charge in [0.25, 0.3) is 0 Å². The maximum absolute atomic E-state index is 9.81. The van der Waals surface area contributed by atoms with E-state index in [4.69, 9.17) is 16.6 Å². The van der Waals surface area contributed by atoms with Gasteiger partial charge in [0.15, 0.2) is 11.0 Å². The maximum Gasteiger partial charge on any atom is 0.161 e. The minimum atomic E-state index is 0.155. The van der Waals surface area contributed by atoms with Crippen LogP contribution in [0.5, 0.6) is 0 Å². The zero-order chi connectivity index (χ0) is 21.2. The van der Waals surface area contributed by atoms with E-state index in [0.717, 1.165) is 33.0 Å². The van der Waals surface area contributed by atoms with Gasteiger partial charge in [-0.2, -0.15) is 5.26 Å². The van der Waals surface area contributed by atoms with Crippen molar-refractivity contribution in [1.82, 2.24) is 9.97 Å². The van der Waals surface area contributed by atoms with Crippen LogP contribution in [0.15, 0.2) is 97.1 Å². The fourth-order valence-electron chi connectivity index (χ4n) is 3.82. The first kappa shape index (κ1) is 19.0. The molecule has 0 aliphatic rings. The number of aromatic nitrogens is 2. The van der Waals surface area contributed by atoms with Gasteiger partial charge < -0.3 is 0 Å². The van der Waals surface area contributed by atoms with Gasteiger partial charge >= 0.3 is 0 Å². The molecule has 0 bridgehead atoms. The van der Waals surface area contributed by atoms with Gasteiger partial charge in [-0.3, -0.25) is 0 Å². The molecule has 0 aliphatic carbocycles. The molecular formula is C27H16ClN3. The predicted molar refractivity (Wildman–Crippen MR) is 126 cm³/mol. The summed E-state index contributed by atoms with van der Waals surface area (Å²) in [6.45, 7) is 0. The third-order valence-corrected chi connectivity index (χ3v) is 5.55. The number of hydrogen-bond acceptors (Lipinski definition) is 3. The Morgan fingerprint density at radius 3 is 1.81 bits per heavy atom. The van der Waals surface area contributed by atoms with Crippen LogP contribution in [0.2, 0.25) is 5.15 Å². The topological polar surface area (TPSA) is 49.6 Å². The molecule has 31 heavy (non-hydrogen) atoms. The lowest BCUT2D eigenvalue weighted by atomic mass is 9.93. The fraction of sp³-hybridized carbons (Fsp3) is 0. The first-order valence-corrected chi connectivity index (χ1v) is 10.2. The standard InChI is InChI=1S/C27H16ClN3/c28-26-24(17-29)25(30-27(31-26)19-11-5-2-6-12-19)23-16-15-20(18-9-3-1-4-10-18)21-13-7-8-14-22(21)23/h1-16H. The SMILES string of the molecule is N#Cc1c(Cl)nc(-c2ccccc2)nc1-c1ccc(-c2ccccc2)c2ccccc12. The molecule has 1 heterocycles. The Hall–Kier alpha value is -4.00. The van der Waals surface area contributed by atoms with Crippen LogP contribution >= 0.6 is 11.6 Å². The summed E-state index contributed by atoms with van der Waals surface area (Å²) in [6.07, 6.45) is 0. The molecule has 0 aliphatic heterocycles. The van der Waals surface area contributed by atoms with Crippen LogP contribution in [0.3, 0.4) is 0 Å². The van der Waals surface area contributed by atoms with Gasteiger partial charge in [-0.25, -0.2) is 9.97 Å². The van der Waals surface area contributed by atoms with Gasteiger partial charge in [0.1, 0.15) is 11.6 Å². The van der Waals surface area contributed by atoms with Gasteiger partial charge in [0, 0.05) is 11.1 Å². The van der Waals surface area contributed by atoms with Crippen molar-refractivity contribution in [3.63, 3.8) is 0 Å². The zero-order valence-corrected chi connectivity index (χ0v) is 17.2. The van der Waals surface area contributed by atoms with Crippen LogP contribution in [0, 0.1) is 11.3 Å². The molecule has 0 radical (unpaired) electrons. The van der Waals surface area contributed by atoms with Crippen molar-refractivity contribution < 1.29 is 0 Å². The van der Waals surface area contributed by atoms with Crippen molar-refractivity contribution in [3.05, 3.63) is 108 Å². The van der Waals surface area contributed by atoms with Crippen molar-refractivity contribution in [3.8, 4) is 39.8 Å². The molecule has 0 saturated heterocycles. The number of benzene rings is 4. The average molecular weight is 418 g/mol. The molecule has 0 unspecified atom stereocenters. The van der Waals surface area contributed by atoms with Crippen LogP contribution in [0.25, 0.3) is 44.5 Å². The summed E-state index contributed by atoms with van der Waals surface area (Å²) < 4.78 is 0. The Labute approximate surface area is 185 Å². The first-order chi connectivity index (χ1) is 15.3. The average Bonchev–Trinajstić information content (AvgIpc) is 2.84. The van der Waals surface area contributed by atoms with E-state index in [1.807, 2.05) is 66.7 Å². The van der Waals surface area contributed by atoms with E-state index in [1.54, 1.807) is 0 Å². The van der Waals surface area contributed by atoms with E-state index in [1.165, 1.54) is 0 Å². The minimum absolute atomic E-state index is 0.155. The molecule has 0 N–H and O–H groups in total. The zero-order valence-electron chi connectivity index (χ0n) is 16.5. The monoisotopic (exact) mass is 417 g/mol. The number of fused-ring (bicyclic) bond motifs is 1. The maximum atomic E-state index is 9.81. The molecule has 0 saturated carbocycles. The quantitative estimate of drug-likeness (QED) is 0.293. The lowest BCUT2D eigenvalue weighted by Crippen LogP contribution is -1.99. The third-order valence-electron chi connectivity index (χ3n) is 5.27. The third kappa shape index (κ3) is 3.44. The Kier molecular flexibility index (Phi) is 4.92. The molecule has 4 aromatic carbocycles. The van der Waals surface area contributed by atoms with E-state index in [0.29, 0.717) is 11.5 Å². The van der Waals surface area contributed by atoms with E-state index >= 15 is 0 Å². The summed E-state index contributed by atoms with van der Waals surface area (Å²) in [5.74, 6) is 0.496. The smallest absolute Gasteiger partial charge is 0.161 e. The Balaban J connectivity index is 1.79. The summed E-state index contributed by atoms with van der Waals surface area (Å²) in [4.78, 5) is 9.16. The van der Waals surface area contributed by atoms with Gasteiger partial charge in [-0.15, -0.1) is 0 Å². The second-order valence-corrected chi connectivity index (χ2v) is 7.47. The summed E-state index contributed by atoms with van der Waals surface area (Å²) in [6, 6.07) is 34.3. The molecule has 5 aromatic rings. The van der Waals surface area contributed by atoms with Crippen LogP contribution in [0.1, 0.15) is 5.56 Å². The van der Waals surface area contributed by atoms with Crippen molar-refractivity contribution >= 4 is 22.4 Å². The predicted octanol–water partition coefficient (Wildman–Crippen LogP) is 7.16. The molecule has 0 amide bonds. The lowest BCUT2D eigenvalue weighted by molar-refractivity contribution is 1.17. The second kappa shape index (κ2) is 8.02. The van der Waals surface area contributed by atoms with Crippen LogP contribution in [-0.2, 0) is 0 Å². The van der Waals surface area contributed by atoms with E-state index in [-0.39, 0.29) is 10.7 Å². The van der Waals surface area contributed by atoms with E-state index in [9.17, 15) is 5.26 Å². The highest BCUT2D eigenvalue weighted by Gasteiger charge is 2.18. The number of nitrogens with zero attached hydrogens (tertiary/aromatic N) is 3. The fourth-order valence-corrected chi connectivity index (χ4v) is 4.03. The first-order valence-electron chi connectivity index (χ1n) is 9.87. The lowest BCUT2D eigenvalue weighted by Gasteiger charge is -2.14. The molecular weight excluding hydrogens is 402 g/mol. The molecule has 0 atom stereocenters. The Bertz CT molecular complexity index is 1440. The number of rotatable bonds is 3. The van der Waals surface area contributed by atoms with Gasteiger partial charge in [-0.1, -0.05) is 109 Å². The number of hydrogen-bond donors (Lipinski definition) is 0. The van der Waals surface area contributed by atoms with Crippen LogP contribution in [-0.4, -0.2) is 9.97 Å².